The van der Waals surface area contributed by atoms with Crippen LogP contribution in [0.5, 0.6) is 0 Å². The van der Waals surface area contributed by atoms with Crippen LogP contribution in [0.2, 0.25) is 0 Å². The van der Waals surface area contributed by atoms with E-state index in [0.29, 0.717) is 37.6 Å². The van der Waals surface area contributed by atoms with Gasteiger partial charge in [0, 0.05) is 44.6 Å². The van der Waals surface area contributed by atoms with Crippen molar-refractivity contribution < 1.29 is 19.1 Å². The molecule has 0 aliphatic carbocycles. The molecular weight excluding hydrogens is 368 g/mol. The molecule has 2 amide bonds. The van der Waals surface area contributed by atoms with Gasteiger partial charge in [0.05, 0.1) is 7.11 Å². The van der Waals surface area contributed by atoms with Gasteiger partial charge in [0.2, 0.25) is 11.8 Å². The molecule has 0 unspecified atom stereocenters. The number of methoxy groups -OCH3 is 1. The molecule has 0 aromatic rings. The van der Waals surface area contributed by atoms with Crippen molar-refractivity contribution in [3.05, 3.63) is 23.3 Å². The molecule has 6 nitrogen and oxygen atoms in total. The lowest BCUT2D eigenvalue weighted by Gasteiger charge is -2.20. The highest BCUT2D eigenvalue weighted by Gasteiger charge is 2.19. The van der Waals surface area contributed by atoms with E-state index >= 15 is 0 Å². The molecule has 0 atom stereocenters. The molecule has 1 aliphatic rings. The minimum atomic E-state index is 0.0778. The Morgan fingerprint density at radius 3 is 1.96 bits per heavy atom. The smallest absolute Gasteiger partial charge is 0.292 e. The van der Waals surface area contributed by atoms with Gasteiger partial charge >= 0.3 is 0 Å². The zero-order chi connectivity index (χ0) is 21.7. The van der Waals surface area contributed by atoms with E-state index in [1.807, 2.05) is 39.5 Å². The Balaban J connectivity index is -0.000000621. The van der Waals surface area contributed by atoms with Crippen LogP contribution in [0.1, 0.15) is 54.4 Å². The summed E-state index contributed by atoms with van der Waals surface area (Å²) in [5.74, 6) is 0.163. The first kappa shape index (κ1) is 29.9. The summed E-state index contributed by atoms with van der Waals surface area (Å²) >= 11 is 5.82. The standard InChI is InChI=1S/C14H21ClN2O2.C2H4O2.2C2H6/c1-3-13(15)6-4-7-14(19)17-9-5-8-16(10-11-17)12(2)18;1-4-2-3;2*1-2/h3-4,6H,5,7-11H2,1-2H3;2H,1H3;2*1-2H3/b6-4-,13-3+;;;. The second kappa shape index (κ2) is 22.2. The third kappa shape index (κ3) is 17.4. The van der Waals surface area contributed by atoms with Crippen LogP contribution in [0, 0.1) is 0 Å². The summed E-state index contributed by atoms with van der Waals surface area (Å²) in [6, 6.07) is 0. The number of amides is 2. The minimum Gasteiger partial charge on any atom is -0.471 e. The molecule has 1 fully saturated rings. The maximum absolute atomic E-state index is 12.0. The quantitative estimate of drug-likeness (QED) is 0.524. The predicted octanol–water partition coefficient (Wildman–Crippen LogP) is 4.00. The molecule has 0 radical (unpaired) electrons. The Morgan fingerprint density at radius 2 is 1.52 bits per heavy atom. The highest BCUT2D eigenvalue weighted by atomic mass is 35.5. The van der Waals surface area contributed by atoms with Crippen molar-refractivity contribution in [2.24, 2.45) is 0 Å². The number of nitrogens with zero attached hydrogens (tertiary/aromatic N) is 2. The van der Waals surface area contributed by atoms with Crippen LogP contribution in [-0.4, -0.2) is 61.4 Å². The molecular formula is C20H37ClN2O4. The first-order valence-electron chi connectivity index (χ1n) is 9.44. The summed E-state index contributed by atoms with van der Waals surface area (Å²) in [6.45, 7) is 14.5. The first-order valence-corrected chi connectivity index (χ1v) is 9.82. The van der Waals surface area contributed by atoms with Gasteiger partial charge in [0.25, 0.3) is 6.47 Å². The number of hydrogen-bond acceptors (Lipinski definition) is 4. The number of carbonyl (C=O) groups is 3. The van der Waals surface area contributed by atoms with Gasteiger partial charge in [-0.05, 0) is 19.4 Å². The third-order valence-electron chi connectivity index (χ3n) is 3.24. The zero-order valence-corrected chi connectivity index (χ0v) is 18.7. The van der Waals surface area contributed by atoms with E-state index < -0.39 is 0 Å². The summed E-state index contributed by atoms with van der Waals surface area (Å²) in [7, 11) is 1.31. The lowest BCUT2D eigenvalue weighted by molar-refractivity contribution is -0.132. The maximum atomic E-state index is 12.0. The molecule has 27 heavy (non-hydrogen) atoms. The van der Waals surface area contributed by atoms with Crippen molar-refractivity contribution >= 4 is 29.9 Å². The van der Waals surface area contributed by atoms with Crippen molar-refractivity contribution in [1.29, 1.82) is 0 Å². The van der Waals surface area contributed by atoms with Gasteiger partial charge in [-0.3, -0.25) is 14.4 Å². The molecule has 1 rings (SSSR count). The van der Waals surface area contributed by atoms with Gasteiger partial charge in [-0.15, -0.1) is 0 Å². The topological polar surface area (TPSA) is 66.9 Å². The van der Waals surface area contributed by atoms with Gasteiger partial charge in [0.15, 0.2) is 0 Å². The Labute approximate surface area is 170 Å². The fourth-order valence-corrected chi connectivity index (χ4v) is 2.07. The summed E-state index contributed by atoms with van der Waals surface area (Å²) in [6.07, 6.45) is 6.48. The Bertz CT molecular complexity index is 451. The second-order valence-corrected chi connectivity index (χ2v) is 5.29. The Morgan fingerprint density at radius 1 is 1.04 bits per heavy atom. The highest BCUT2D eigenvalue weighted by molar-refractivity contribution is 6.31. The fraction of sp³-hybridized carbons (Fsp3) is 0.650. The molecule has 0 N–H and O–H groups in total. The minimum absolute atomic E-state index is 0.0778. The van der Waals surface area contributed by atoms with E-state index in [1.54, 1.807) is 30.1 Å². The van der Waals surface area contributed by atoms with E-state index in [2.05, 4.69) is 4.74 Å². The third-order valence-corrected chi connectivity index (χ3v) is 3.58. The van der Waals surface area contributed by atoms with Gasteiger partial charge in [-0.2, -0.15) is 0 Å². The lowest BCUT2D eigenvalue weighted by Crippen LogP contribution is -2.36. The number of hydrogen-bond donors (Lipinski definition) is 0. The van der Waals surface area contributed by atoms with Crippen molar-refractivity contribution in [3.8, 4) is 0 Å². The molecule has 1 heterocycles. The molecule has 0 saturated carbocycles. The van der Waals surface area contributed by atoms with Gasteiger partial charge < -0.3 is 14.5 Å². The van der Waals surface area contributed by atoms with E-state index in [1.165, 1.54) is 7.11 Å². The SMILES string of the molecule is C/C=C(Cl)\C=C/CC(=O)N1CCCN(C(C)=O)CC1.CC.CC.COC=O. The largest absolute Gasteiger partial charge is 0.471 e. The van der Waals surface area contributed by atoms with E-state index in [9.17, 15) is 9.59 Å². The van der Waals surface area contributed by atoms with Crippen molar-refractivity contribution in [3.63, 3.8) is 0 Å². The number of allylic oxidation sites excluding steroid dienone is 3. The van der Waals surface area contributed by atoms with Crippen molar-refractivity contribution in [2.45, 2.75) is 54.4 Å². The molecule has 0 aromatic heterocycles. The van der Waals surface area contributed by atoms with Crippen LogP contribution in [0.4, 0.5) is 0 Å². The normalized spacial score (nSPS) is 13.7. The molecule has 0 bridgehead atoms. The molecule has 0 spiro atoms. The number of rotatable bonds is 4. The molecule has 158 valence electrons. The van der Waals surface area contributed by atoms with E-state index in [-0.39, 0.29) is 11.8 Å². The highest BCUT2D eigenvalue weighted by Crippen LogP contribution is 2.07. The lowest BCUT2D eigenvalue weighted by atomic mass is 10.3. The monoisotopic (exact) mass is 404 g/mol. The number of halogens is 1. The van der Waals surface area contributed by atoms with E-state index in [4.69, 9.17) is 16.4 Å². The molecule has 1 saturated heterocycles. The van der Waals surface area contributed by atoms with Gasteiger partial charge in [0.1, 0.15) is 0 Å². The molecule has 0 aromatic carbocycles. The number of ether oxygens (including phenoxy) is 1. The maximum Gasteiger partial charge on any atom is 0.292 e. The van der Waals surface area contributed by atoms with E-state index in [0.717, 1.165) is 13.0 Å². The Hall–Kier alpha value is -1.82. The van der Waals surface area contributed by atoms with Crippen molar-refractivity contribution in [2.75, 3.05) is 33.3 Å². The van der Waals surface area contributed by atoms with Crippen LogP contribution in [0.3, 0.4) is 0 Å². The van der Waals surface area contributed by atoms with Crippen molar-refractivity contribution in [1.82, 2.24) is 9.80 Å². The number of carbonyl (C=O) groups excluding carboxylic acids is 3. The average molecular weight is 405 g/mol. The summed E-state index contributed by atoms with van der Waals surface area (Å²) < 4.78 is 3.86. The summed E-state index contributed by atoms with van der Waals surface area (Å²) in [5, 5.41) is 0.631. The molecule has 1 aliphatic heterocycles. The fourth-order valence-electron chi connectivity index (χ4n) is 1.98. The van der Waals surface area contributed by atoms with Crippen LogP contribution >= 0.6 is 11.6 Å². The molecule has 7 heteroatoms. The Kier molecular flexibility index (Phi) is 24.6. The second-order valence-electron chi connectivity index (χ2n) is 4.85. The summed E-state index contributed by atoms with van der Waals surface area (Å²) in [5.41, 5.74) is 0. The van der Waals surface area contributed by atoms with Gasteiger partial charge in [-0.25, -0.2) is 0 Å². The first-order chi connectivity index (χ1) is 13.0. The predicted molar refractivity (Wildman–Crippen MR) is 113 cm³/mol. The zero-order valence-electron chi connectivity index (χ0n) is 18.0. The van der Waals surface area contributed by atoms with Gasteiger partial charge in [-0.1, -0.05) is 51.4 Å². The van der Waals surface area contributed by atoms with Crippen LogP contribution in [0.25, 0.3) is 0 Å². The van der Waals surface area contributed by atoms with Crippen LogP contribution in [-0.2, 0) is 19.1 Å². The summed E-state index contributed by atoms with van der Waals surface area (Å²) in [4.78, 5) is 35.9. The van der Waals surface area contributed by atoms with Crippen LogP contribution in [0.15, 0.2) is 23.3 Å². The van der Waals surface area contributed by atoms with Crippen LogP contribution < -0.4 is 0 Å². The average Bonchev–Trinajstić information content (AvgIpc) is 2.97.